The van der Waals surface area contributed by atoms with E-state index in [0.29, 0.717) is 12.8 Å². The molecular formula is C24H25FO3S. The maximum Gasteiger partial charge on any atom is 0.189 e. The number of ether oxygens (including phenoxy) is 1. The van der Waals surface area contributed by atoms with Gasteiger partial charge in [-0.1, -0.05) is 30.4 Å². The van der Waals surface area contributed by atoms with E-state index in [0.717, 1.165) is 22.4 Å². The van der Waals surface area contributed by atoms with Crippen molar-refractivity contribution in [2.45, 2.75) is 57.6 Å². The summed E-state index contributed by atoms with van der Waals surface area (Å²) in [4.78, 5) is 14.2. The van der Waals surface area contributed by atoms with Crippen LogP contribution in [0.4, 0.5) is 4.39 Å². The second-order valence-electron chi connectivity index (χ2n) is 7.82. The number of Topliss-reactive ketones (excluding diaryl/α,β-unsaturated/α-hetero) is 1. The fourth-order valence-electron chi connectivity index (χ4n) is 3.85. The summed E-state index contributed by atoms with van der Waals surface area (Å²) >= 11 is 1.73. The van der Waals surface area contributed by atoms with Crippen LogP contribution in [0.25, 0.3) is 5.57 Å². The molecule has 1 aliphatic heterocycles. The van der Waals surface area contributed by atoms with E-state index in [1.165, 1.54) is 16.0 Å². The minimum absolute atomic E-state index is 0.246. The number of ketones is 1. The predicted octanol–water partition coefficient (Wildman–Crippen LogP) is 5.11. The Balaban J connectivity index is 1.52. The van der Waals surface area contributed by atoms with Gasteiger partial charge >= 0.3 is 0 Å². The molecule has 4 unspecified atom stereocenters. The van der Waals surface area contributed by atoms with Gasteiger partial charge in [-0.15, -0.1) is 11.3 Å². The van der Waals surface area contributed by atoms with Crippen LogP contribution < -0.4 is 0 Å². The normalized spacial score (nSPS) is 27.2. The highest BCUT2D eigenvalue weighted by molar-refractivity contribution is 7.13. The fraction of sp³-hybridized carbons (Fsp3) is 0.375. The lowest BCUT2D eigenvalue weighted by Crippen LogP contribution is -2.39. The highest BCUT2D eigenvalue weighted by Gasteiger charge is 2.34. The number of aliphatic hydroxyl groups excluding tert-OH is 1. The molecule has 0 spiro atoms. The quantitative estimate of drug-likeness (QED) is 0.759. The van der Waals surface area contributed by atoms with Crippen molar-refractivity contribution in [1.82, 2.24) is 0 Å². The Kier molecular flexibility index (Phi) is 5.81. The van der Waals surface area contributed by atoms with Gasteiger partial charge in [-0.3, -0.25) is 4.79 Å². The Morgan fingerprint density at radius 1 is 1.28 bits per heavy atom. The first-order valence-electron chi connectivity index (χ1n) is 9.99. The molecule has 1 fully saturated rings. The van der Waals surface area contributed by atoms with Gasteiger partial charge in [-0.25, -0.2) is 4.39 Å². The Labute approximate surface area is 174 Å². The average Bonchev–Trinajstić information content (AvgIpc) is 3.16. The number of hydrogen-bond donors (Lipinski definition) is 1. The molecule has 2 aromatic rings. The number of carbonyl (C=O) groups is 1. The zero-order valence-corrected chi connectivity index (χ0v) is 17.4. The molecule has 2 aliphatic rings. The van der Waals surface area contributed by atoms with E-state index < -0.39 is 18.4 Å². The molecule has 1 aliphatic carbocycles. The molecule has 1 aromatic heterocycles. The van der Waals surface area contributed by atoms with Crippen LogP contribution >= 0.6 is 11.3 Å². The number of alkyl halides is 1. The Morgan fingerprint density at radius 2 is 2.10 bits per heavy atom. The van der Waals surface area contributed by atoms with Crippen LogP contribution in [-0.2, 0) is 16.0 Å². The second-order valence-corrected chi connectivity index (χ2v) is 8.99. The molecule has 0 saturated carbocycles. The molecule has 0 amide bonds. The average molecular weight is 413 g/mol. The van der Waals surface area contributed by atoms with E-state index in [9.17, 15) is 14.3 Å². The summed E-state index contributed by atoms with van der Waals surface area (Å²) in [7, 11) is 0. The van der Waals surface area contributed by atoms with E-state index in [2.05, 4.69) is 31.2 Å². The van der Waals surface area contributed by atoms with E-state index in [1.807, 2.05) is 18.2 Å². The van der Waals surface area contributed by atoms with Crippen LogP contribution in [0.1, 0.15) is 52.3 Å². The number of thiophene rings is 1. The Hall–Kier alpha value is -2.08. The lowest BCUT2D eigenvalue weighted by Gasteiger charge is -2.30. The van der Waals surface area contributed by atoms with E-state index in [4.69, 9.17) is 4.74 Å². The molecule has 4 atom stereocenters. The minimum Gasteiger partial charge on any atom is -0.385 e. The number of hydrogen-bond acceptors (Lipinski definition) is 4. The third kappa shape index (κ3) is 4.42. The summed E-state index contributed by atoms with van der Waals surface area (Å²) in [6.45, 7) is 3.78. The van der Waals surface area contributed by atoms with Crippen molar-refractivity contribution in [3.8, 4) is 0 Å². The number of allylic oxidation sites excluding steroid dienone is 4. The van der Waals surface area contributed by atoms with Crippen molar-refractivity contribution in [3.63, 3.8) is 0 Å². The molecular weight excluding hydrogens is 387 g/mol. The molecule has 5 heteroatoms. The van der Waals surface area contributed by atoms with Crippen molar-refractivity contribution in [3.05, 3.63) is 75.0 Å². The van der Waals surface area contributed by atoms with Gasteiger partial charge in [0.1, 0.15) is 18.4 Å². The van der Waals surface area contributed by atoms with Crippen LogP contribution in [0.2, 0.25) is 0 Å². The number of aliphatic hydroxyl groups is 1. The summed E-state index contributed by atoms with van der Waals surface area (Å²) in [5.41, 5.74) is 4.48. The van der Waals surface area contributed by atoms with Crippen molar-refractivity contribution < 1.29 is 19.0 Å². The van der Waals surface area contributed by atoms with Gasteiger partial charge in [0, 0.05) is 29.0 Å². The van der Waals surface area contributed by atoms with E-state index in [-0.39, 0.29) is 11.9 Å². The summed E-state index contributed by atoms with van der Waals surface area (Å²) in [5, 5.41) is 10.0. The maximum atomic E-state index is 13.3. The summed E-state index contributed by atoms with van der Waals surface area (Å²) in [6, 6.07) is 10.4. The van der Waals surface area contributed by atoms with Crippen LogP contribution in [-0.4, -0.2) is 29.3 Å². The van der Waals surface area contributed by atoms with Crippen molar-refractivity contribution in [2.75, 3.05) is 0 Å². The molecule has 3 nitrogen and oxygen atoms in total. The first-order chi connectivity index (χ1) is 13.9. The second kappa shape index (κ2) is 8.34. The van der Waals surface area contributed by atoms with Crippen molar-refractivity contribution >= 4 is 22.7 Å². The number of rotatable bonds is 4. The lowest BCUT2D eigenvalue weighted by molar-refractivity contribution is -0.155. The molecule has 4 rings (SSSR count). The van der Waals surface area contributed by atoms with Gasteiger partial charge in [0.05, 0.1) is 6.10 Å². The van der Waals surface area contributed by atoms with Gasteiger partial charge in [0.25, 0.3) is 0 Å². The molecule has 29 heavy (non-hydrogen) atoms. The fourth-order valence-corrected chi connectivity index (χ4v) is 4.90. The monoisotopic (exact) mass is 412 g/mol. The van der Waals surface area contributed by atoms with E-state index >= 15 is 0 Å². The van der Waals surface area contributed by atoms with Gasteiger partial charge in [0.15, 0.2) is 5.78 Å². The van der Waals surface area contributed by atoms with Crippen LogP contribution in [0.5, 0.6) is 0 Å². The van der Waals surface area contributed by atoms with E-state index in [1.54, 1.807) is 24.3 Å². The van der Waals surface area contributed by atoms with Crippen molar-refractivity contribution in [2.24, 2.45) is 0 Å². The van der Waals surface area contributed by atoms with Gasteiger partial charge in [-0.05, 0) is 54.3 Å². The SMILES string of the molecule is Cc1ccc(C2CC(O)C(=O)C(C)O2)cc1Cc1ccc(C2=CCC(F)C=C2)s1. The molecule has 0 bridgehead atoms. The lowest BCUT2D eigenvalue weighted by atomic mass is 9.93. The van der Waals surface area contributed by atoms with Crippen LogP contribution in [0.3, 0.4) is 0 Å². The van der Waals surface area contributed by atoms with Gasteiger partial charge < -0.3 is 9.84 Å². The van der Waals surface area contributed by atoms with Crippen LogP contribution in [0, 0.1) is 6.92 Å². The molecule has 1 aromatic carbocycles. The topological polar surface area (TPSA) is 46.5 Å². The Morgan fingerprint density at radius 3 is 2.83 bits per heavy atom. The number of halogens is 1. The third-order valence-electron chi connectivity index (χ3n) is 5.64. The molecule has 1 saturated heterocycles. The van der Waals surface area contributed by atoms with Gasteiger partial charge in [0.2, 0.25) is 0 Å². The number of benzene rings is 1. The summed E-state index contributed by atoms with van der Waals surface area (Å²) in [5.74, 6) is -0.246. The molecule has 152 valence electrons. The highest BCUT2D eigenvalue weighted by Crippen LogP contribution is 2.33. The van der Waals surface area contributed by atoms with Crippen molar-refractivity contribution in [1.29, 1.82) is 0 Å². The Bertz CT molecular complexity index is 960. The standard InChI is InChI=1S/C24H25FO3S/c1-14-3-4-17(22-13-21(26)24(27)15(2)28-22)11-18(14)12-20-9-10-23(29-20)16-5-7-19(25)8-6-16/h3-7,9-11,15,19,21-22,26H,8,12-13H2,1-2H3. The highest BCUT2D eigenvalue weighted by atomic mass is 32.1. The molecule has 1 N–H and O–H groups in total. The number of aryl methyl sites for hydroxylation is 1. The molecule has 2 heterocycles. The predicted molar refractivity (Wildman–Crippen MR) is 114 cm³/mol. The number of carbonyl (C=O) groups excluding carboxylic acids is 1. The zero-order chi connectivity index (χ0) is 20.5. The smallest absolute Gasteiger partial charge is 0.189 e. The zero-order valence-electron chi connectivity index (χ0n) is 16.6. The maximum absolute atomic E-state index is 13.3. The van der Waals surface area contributed by atoms with Crippen LogP contribution in [0.15, 0.2) is 48.6 Å². The first kappa shape index (κ1) is 20.2. The summed E-state index contributed by atoms with van der Waals surface area (Å²) < 4.78 is 19.1. The largest absolute Gasteiger partial charge is 0.385 e. The van der Waals surface area contributed by atoms with Gasteiger partial charge in [-0.2, -0.15) is 0 Å². The summed E-state index contributed by atoms with van der Waals surface area (Å²) in [6.07, 6.45) is 4.28. The minimum atomic E-state index is -0.964. The third-order valence-corrected chi connectivity index (χ3v) is 6.77. The first-order valence-corrected chi connectivity index (χ1v) is 10.8. The molecule has 0 radical (unpaired) electrons.